The minimum atomic E-state index is -0.572. The number of ether oxygens (including phenoxy) is 1. The summed E-state index contributed by atoms with van der Waals surface area (Å²) < 4.78 is 5.08. The summed E-state index contributed by atoms with van der Waals surface area (Å²) in [6.45, 7) is 0. The van der Waals surface area contributed by atoms with E-state index < -0.39 is 10.8 Å². The summed E-state index contributed by atoms with van der Waals surface area (Å²) in [5, 5.41) is 13.4. The smallest absolute Gasteiger partial charge is 0.270 e. The van der Waals surface area contributed by atoms with Gasteiger partial charge in [0.1, 0.15) is 5.75 Å². The molecule has 1 amide bonds. The van der Waals surface area contributed by atoms with Crippen LogP contribution in [0.15, 0.2) is 42.5 Å². The van der Waals surface area contributed by atoms with Crippen LogP contribution in [0, 0.1) is 10.1 Å². The number of fused-ring (bicyclic) bond motifs is 1. The molecule has 116 valence electrons. The van der Waals surface area contributed by atoms with Crippen LogP contribution in [0.5, 0.6) is 5.75 Å². The molecule has 8 nitrogen and oxygen atoms in total. The van der Waals surface area contributed by atoms with Gasteiger partial charge in [-0.2, -0.15) is 0 Å². The van der Waals surface area contributed by atoms with E-state index in [-0.39, 0.29) is 22.9 Å². The lowest BCUT2D eigenvalue weighted by Crippen LogP contribution is -2.14. The second-order valence-corrected chi connectivity index (χ2v) is 4.70. The number of hydrogen-bond donors (Lipinski definition) is 2. The van der Waals surface area contributed by atoms with Crippen molar-refractivity contribution in [2.45, 2.75) is 0 Å². The van der Waals surface area contributed by atoms with Crippen molar-refractivity contribution < 1.29 is 14.5 Å². The van der Waals surface area contributed by atoms with Crippen molar-refractivity contribution in [2.75, 3.05) is 12.4 Å². The Balaban J connectivity index is 1.93. The van der Waals surface area contributed by atoms with Crippen LogP contribution in [-0.2, 0) is 0 Å². The van der Waals surface area contributed by atoms with Gasteiger partial charge in [-0.1, -0.05) is 12.1 Å². The lowest BCUT2D eigenvalue weighted by Gasteiger charge is -2.07. The van der Waals surface area contributed by atoms with E-state index in [0.29, 0.717) is 5.52 Å². The van der Waals surface area contributed by atoms with Gasteiger partial charge in [0.2, 0.25) is 5.95 Å². The molecule has 0 spiro atoms. The van der Waals surface area contributed by atoms with Crippen molar-refractivity contribution >= 4 is 28.6 Å². The Bertz CT molecular complexity index is 870. The van der Waals surface area contributed by atoms with E-state index in [0.717, 1.165) is 11.6 Å². The third-order valence-electron chi connectivity index (χ3n) is 3.26. The minimum Gasteiger partial charge on any atom is -0.496 e. The number of amides is 1. The number of methoxy groups -OCH3 is 1. The number of imidazole rings is 1. The van der Waals surface area contributed by atoms with Crippen LogP contribution in [-0.4, -0.2) is 27.9 Å². The van der Waals surface area contributed by atoms with Crippen molar-refractivity contribution in [3.05, 3.63) is 58.1 Å². The molecular weight excluding hydrogens is 300 g/mol. The number of nitro groups is 1. The zero-order valence-corrected chi connectivity index (χ0v) is 12.1. The fourth-order valence-corrected chi connectivity index (χ4v) is 2.17. The molecule has 2 N–H and O–H groups in total. The van der Waals surface area contributed by atoms with Gasteiger partial charge in [-0.05, 0) is 18.2 Å². The maximum Gasteiger partial charge on any atom is 0.270 e. The van der Waals surface area contributed by atoms with Gasteiger partial charge >= 0.3 is 0 Å². The molecule has 0 fully saturated rings. The maximum atomic E-state index is 12.4. The third kappa shape index (κ3) is 2.82. The fraction of sp³-hybridized carbons (Fsp3) is 0.0667. The van der Waals surface area contributed by atoms with Crippen LogP contribution >= 0.6 is 0 Å². The Labute approximate surface area is 130 Å². The van der Waals surface area contributed by atoms with Crippen molar-refractivity contribution in [2.24, 2.45) is 0 Å². The highest BCUT2D eigenvalue weighted by molar-refractivity contribution is 6.06. The number of hydrogen-bond acceptors (Lipinski definition) is 5. The van der Waals surface area contributed by atoms with Crippen LogP contribution < -0.4 is 10.1 Å². The number of nitrogens with one attached hydrogen (secondary N) is 2. The average molecular weight is 312 g/mol. The number of nitrogens with zero attached hydrogens (tertiary/aromatic N) is 2. The lowest BCUT2D eigenvalue weighted by molar-refractivity contribution is -0.384. The van der Waals surface area contributed by atoms with Crippen molar-refractivity contribution in [3.8, 4) is 5.75 Å². The lowest BCUT2D eigenvalue weighted by atomic mass is 10.1. The number of aromatic nitrogens is 2. The molecule has 0 atom stereocenters. The first-order valence-electron chi connectivity index (χ1n) is 6.67. The standard InChI is InChI=1S/C15H12N4O4/c1-23-13-7-6-9(19(21)22)8-10(13)14(20)18-15-16-11-4-2-3-5-12(11)17-15/h2-8H,1H3,(H2,16,17,18,20). The number of carbonyl (C=O) groups excluding carboxylic acids is 1. The quantitative estimate of drug-likeness (QED) is 0.568. The van der Waals surface area contributed by atoms with Gasteiger partial charge in [0.05, 0.1) is 28.6 Å². The van der Waals surface area contributed by atoms with Crippen molar-refractivity contribution in [1.82, 2.24) is 9.97 Å². The minimum absolute atomic E-state index is 0.0576. The molecule has 0 aliphatic heterocycles. The van der Waals surface area contributed by atoms with E-state index in [1.807, 2.05) is 18.2 Å². The molecule has 0 unspecified atom stereocenters. The molecule has 0 saturated heterocycles. The Morgan fingerprint density at radius 2 is 2.09 bits per heavy atom. The SMILES string of the molecule is COc1ccc([N+](=O)[O-])cc1C(=O)Nc1nc2ccccc2[nH]1. The molecule has 1 heterocycles. The highest BCUT2D eigenvalue weighted by Crippen LogP contribution is 2.25. The Morgan fingerprint density at radius 3 is 2.78 bits per heavy atom. The predicted octanol–water partition coefficient (Wildman–Crippen LogP) is 2.73. The molecule has 23 heavy (non-hydrogen) atoms. The summed E-state index contributed by atoms with van der Waals surface area (Å²) in [7, 11) is 1.39. The second kappa shape index (κ2) is 5.76. The molecular formula is C15H12N4O4. The molecule has 0 aliphatic carbocycles. The number of benzene rings is 2. The fourth-order valence-electron chi connectivity index (χ4n) is 2.17. The average Bonchev–Trinajstić information content (AvgIpc) is 2.96. The second-order valence-electron chi connectivity index (χ2n) is 4.70. The number of H-pyrrole nitrogens is 1. The van der Waals surface area contributed by atoms with Crippen LogP contribution in [0.3, 0.4) is 0 Å². The van der Waals surface area contributed by atoms with Crippen LogP contribution in [0.1, 0.15) is 10.4 Å². The zero-order chi connectivity index (χ0) is 16.4. The molecule has 0 radical (unpaired) electrons. The summed E-state index contributed by atoms with van der Waals surface area (Å²) in [5.74, 6) is -0.0569. The van der Waals surface area contributed by atoms with Crippen LogP contribution in [0.4, 0.5) is 11.6 Å². The van der Waals surface area contributed by atoms with Gasteiger partial charge in [0.25, 0.3) is 11.6 Å². The van der Waals surface area contributed by atoms with E-state index in [4.69, 9.17) is 4.74 Å². The Morgan fingerprint density at radius 1 is 1.30 bits per heavy atom. The predicted molar refractivity (Wildman–Crippen MR) is 83.7 cm³/mol. The maximum absolute atomic E-state index is 12.4. The van der Waals surface area contributed by atoms with Crippen LogP contribution in [0.25, 0.3) is 11.0 Å². The third-order valence-corrected chi connectivity index (χ3v) is 3.26. The first kappa shape index (κ1) is 14.5. The summed E-state index contributed by atoms with van der Waals surface area (Å²) in [5.41, 5.74) is 1.34. The number of anilines is 1. The highest BCUT2D eigenvalue weighted by Gasteiger charge is 2.18. The van der Waals surface area contributed by atoms with E-state index in [2.05, 4.69) is 15.3 Å². The molecule has 3 rings (SSSR count). The number of carbonyl (C=O) groups is 1. The van der Waals surface area contributed by atoms with Gasteiger partial charge in [0.15, 0.2) is 0 Å². The number of aromatic amines is 1. The molecule has 0 saturated carbocycles. The monoisotopic (exact) mass is 312 g/mol. The first-order valence-corrected chi connectivity index (χ1v) is 6.67. The zero-order valence-electron chi connectivity index (χ0n) is 12.1. The first-order chi connectivity index (χ1) is 11.1. The van der Waals surface area contributed by atoms with E-state index in [1.165, 1.54) is 19.2 Å². The highest BCUT2D eigenvalue weighted by atomic mass is 16.6. The molecule has 2 aromatic carbocycles. The van der Waals surface area contributed by atoms with Gasteiger partial charge in [-0.15, -0.1) is 0 Å². The number of nitro benzene ring substituents is 1. The van der Waals surface area contributed by atoms with Gasteiger partial charge < -0.3 is 9.72 Å². The van der Waals surface area contributed by atoms with E-state index in [1.54, 1.807) is 6.07 Å². The molecule has 0 bridgehead atoms. The summed E-state index contributed by atoms with van der Waals surface area (Å²) in [6.07, 6.45) is 0. The number of rotatable bonds is 4. The molecule has 1 aromatic heterocycles. The molecule has 0 aliphatic rings. The summed E-state index contributed by atoms with van der Waals surface area (Å²) >= 11 is 0. The van der Waals surface area contributed by atoms with E-state index in [9.17, 15) is 14.9 Å². The van der Waals surface area contributed by atoms with Crippen molar-refractivity contribution in [3.63, 3.8) is 0 Å². The number of para-hydroxylation sites is 2. The Hall–Kier alpha value is -3.42. The van der Waals surface area contributed by atoms with Crippen molar-refractivity contribution in [1.29, 1.82) is 0 Å². The van der Waals surface area contributed by atoms with Gasteiger partial charge in [0, 0.05) is 12.1 Å². The Kier molecular flexibility index (Phi) is 3.63. The topological polar surface area (TPSA) is 110 Å². The molecule has 3 aromatic rings. The normalized spacial score (nSPS) is 10.5. The summed E-state index contributed by atoms with van der Waals surface area (Å²) in [4.78, 5) is 29.8. The van der Waals surface area contributed by atoms with E-state index >= 15 is 0 Å². The summed E-state index contributed by atoms with van der Waals surface area (Å²) in [6, 6.07) is 11.1. The van der Waals surface area contributed by atoms with Gasteiger partial charge in [-0.3, -0.25) is 20.2 Å². The van der Waals surface area contributed by atoms with Crippen LogP contribution in [0.2, 0.25) is 0 Å². The largest absolute Gasteiger partial charge is 0.496 e. The van der Waals surface area contributed by atoms with Gasteiger partial charge in [-0.25, -0.2) is 4.98 Å². The molecule has 8 heteroatoms. The number of non-ortho nitro benzene ring substituents is 1.